The predicted octanol–water partition coefficient (Wildman–Crippen LogP) is 3.97. The van der Waals surface area contributed by atoms with E-state index in [0.717, 1.165) is 12.0 Å². The zero-order valence-electron chi connectivity index (χ0n) is 12.1. The van der Waals surface area contributed by atoms with E-state index < -0.39 is 0 Å². The molecule has 0 radical (unpaired) electrons. The van der Waals surface area contributed by atoms with Gasteiger partial charge in [-0.1, -0.05) is 48.9 Å². The van der Waals surface area contributed by atoms with Crippen molar-refractivity contribution < 1.29 is 4.79 Å². The van der Waals surface area contributed by atoms with Crippen LogP contribution in [-0.4, -0.2) is 17.4 Å². The molecule has 0 atom stereocenters. The van der Waals surface area contributed by atoms with Gasteiger partial charge in [0.25, 0.3) is 5.91 Å². The summed E-state index contributed by atoms with van der Waals surface area (Å²) < 4.78 is 0. The summed E-state index contributed by atoms with van der Waals surface area (Å²) in [5.41, 5.74) is 7.94. The van der Waals surface area contributed by atoms with Gasteiger partial charge in [-0.2, -0.15) is 0 Å². The Kier molecular flexibility index (Phi) is 5.23. The second kappa shape index (κ2) is 7.14. The molecule has 21 heavy (non-hydrogen) atoms. The number of hydrogen-bond acceptors (Lipinski definition) is 2. The Hall–Kier alpha value is -2.00. The molecule has 0 saturated carbocycles. The topological polar surface area (TPSA) is 46.3 Å². The molecular formula is C17H19ClN2O. The normalized spacial score (nSPS) is 10.4. The smallest absolute Gasteiger partial charge is 0.256 e. The average Bonchev–Trinajstić information content (AvgIpc) is 2.47. The number of rotatable bonds is 5. The number of halogens is 1. The SMILES string of the molecule is CCCN(Cc1ccccc1)C(=O)c1ccc(Cl)cc1N. The van der Waals surface area contributed by atoms with E-state index in [0.29, 0.717) is 29.4 Å². The summed E-state index contributed by atoms with van der Waals surface area (Å²) in [7, 11) is 0. The molecule has 0 aliphatic heterocycles. The van der Waals surface area contributed by atoms with Gasteiger partial charge in [0.15, 0.2) is 0 Å². The third-order valence-electron chi connectivity index (χ3n) is 3.24. The number of carbonyl (C=O) groups is 1. The van der Waals surface area contributed by atoms with Crippen LogP contribution in [-0.2, 0) is 6.54 Å². The van der Waals surface area contributed by atoms with E-state index in [1.54, 1.807) is 18.2 Å². The molecular weight excluding hydrogens is 284 g/mol. The molecule has 0 aromatic heterocycles. The first-order valence-corrected chi connectivity index (χ1v) is 7.38. The van der Waals surface area contributed by atoms with Crippen LogP contribution in [0.1, 0.15) is 29.3 Å². The molecule has 0 aliphatic rings. The molecule has 0 heterocycles. The van der Waals surface area contributed by atoms with Crippen molar-refractivity contribution in [3.8, 4) is 0 Å². The van der Waals surface area contributed by atoms with Crippen molar-refractivity contribution in [3.05, 3.63) is 64.7 Å². The van der Waals surface area contributed by atoms with E-state index in [4.69, 9.17) is 17.3 Å². The molecule has 0 aliphatic carbocycles. The summed E-state index contributed by atoms with van der Waals surface area (Å²) in [6.07, 6.45) is 0.895. The maximum absolute atomic E-state index is 12.7. The van der Waals surface area contributed by atoms with E-state index in [-0.39, 0.29) is 5.91 Å². The monoisotopic (exact) mass is 302 g/mol. The van der Waals surface area contributed by atoms with Crippen molar-refractivity contribution in [3.63, 3.8) is 0 Å². The molecule has 0 bridgehead atoms. The highest BCUT2D eigenvalue weighted by molar-refractivity contribution is 6.31. The highest BCUT2D eigenvalue weighted by Gasteiger charge is 2.17. The van der Waals surface area contributed by atoms with Crippen LogP contribution in [0.5, 0.6) is 0 Å². The van der Waals surface area contributed by atoms with Crippen molar-refractivity contribution >= 4 is 23.2 Å². The first kappa shape index (κ1) is 15.4. The van der Waals surface area contributed by atoms with Crippen LogP contribution in [0, 0.1) is 0 Å². The minimum absolute atomic E-state index is 0.0603. The van der Waals surface area contributed by atoms with Gasteiger partial charge in [-0.05, 0) is 30.2 Å². The fourth-order valence-electron chi connectivity index (χ4n) is 2.22. The van der Waals surface area contributed by atoms with Gasteiger partial charge in [0.2, 0.25) is 0 Å². The van der Waals surface area contributed by atoms with E-state index in [9.17, 15) is 4.79 Å². The lowest BCUT2D eigenvalue weighted by Crippen LogP contribution is -2.31. The van der Waals surface area contributed by atoms with Gasteiger partial charge in [0.05, 0.1) is 5.56 Å². The fraction of sp³-hybridized carbons (Fsp3) is 0.235. The maximum atomic E-state index is 12.7. The first-order chi connectivity index (χ1) is 10.1. The molecule has 110 valence electrons. The van der Waals surface area contributed by atoms with Crippen LogP contribution in [0.25, 0.3) is 0 Å². The van der Waals surface area contributed by atoms with Crippen LogP contribution in [0.3, 0.4) is 0 Å². The second-order valence-corrected chi connectivity index (χ2v) is 5.38. The van der Waals surface area contributed by atoms with E-state index in [1.165, 1.54) is 0 Å². The summed E-state index contributed by atoms with van der Waals surface area (Å²) in [6.45, 7) is 3.32. The lowest BCUT2D eigenvalue weighted by Gasteiger charge is -2.23. The number of nitrogen functional groups attached to an aromatic ring is 1. The Morgan fingerprint density at radius 1 is 1.19 bits per heavy atom. The van der Waals surface area contributed by atoms with E-state index in [1.807, 2.05) is 35.2 Å². The van der Waals surface area contributed by atoms with Gasteiger partial charge in [-0.25, -0.2) is 0 Å². The van der Waals surface area contributed by atoms with Crippen LogP contribution in [0.4, 0.5) is 5.69 Å². The van der Waals surface area contributed by atoms with Crippen molar-refractivity contribution in [2.75, 3.05) is 12.3 Å². The molecule has 2 rings (SSSR count). The first-order valence-electron chi connectivity index (χ1n) is 7.00. The molecule has 2 aromatic rings. The maximum Gasteiger partial charge on any atom is 0.256 e. The Morgan fingerprint density at radius 2 is 1.90 bits per heavy atom. The van der Waals surface area contributed by atoms with Gasteiger partial charge in [-0.3, -0.25) is 4.79 Å². The minimum atomic E-state index is -0.0603. The third-order valence-corrected chi connectivity index (χ3v) is 3.48. The Bertz CT molecular complexity index is 613. The van der Waals surface area contributed by atoms with Gasteiger partial charge >= 0.3 is 0 Å². The molecule has 2 N–H and O–H groups in total. The Morgan fingerprint density at radius 3 is 2.52 bits per heavy atom. The second-order valence-electron chi connectivity index (χ2n) is 4.94. The van der Waals surface area contributed by atoms with Crippen LogP contribution in [0.2, 0.25) is 5.02 Å². The number of hydrogen-bond donors (Lipinski definition) is 1. The lowest BCUT2D eigenvalue weighted by atomic mass is 10.1. The fourth-order valence-corrected chi connectivity index (χ4v) is 2.41. The predicted molar refractivity (Wildman–Crippen MR) is 87.3 cm³/mol. The number of nitrogens with two attached hydrogens (primary N) is 1. The van der Waals surface area contributed by atoms with Crippen molar-refractivity contribution in [2.45, 2.75) is 19.9 Å². The zero-order valence-corrected chi connectivity index (χ0v) is 12.8. The molecule has 0 spiro atoms. The number of carbonyl (C=O) groups excluding carboxylic acids is 1. The summed E-state index contributed by atoms with van der Waals surface area (Å²) in [5.74, 6) is -0.0603. The van der Waals surface area contributed by atoms with Crippen LogP contribution >= 0.6 is 11.6 Å². The van der Waals surface area contributed by atoms with Crippen molar-refractivity contribution in [1.82, 2.24) is 4.90 Å². The summed E-state index contributed by atoms with van der Waals surface area (Å²) in [5, 5.41) is 0.536. The Balaban J connectivity index is 2.23. The lowest BCUT2D eigenvalue weighted by molar-refractivity contribution is 0.0744. The Labute approximate surface area is 130 Å². The van der Waals surface area contributed by atoms with Crippen LogP contribution in [0.15, 0.2) is 48.5 Å². The van der Waals surface area contributed by atoms with Crippen molar-refractivity contribution in [2.24, 2.45) is 0 Å². The minimum Gasteiger partial charge on any atom is -0.398 e. The quantitative estimate of drug-likeness (QED) is 0.849. The average molecular weight is 303 g/mol. The summed E-state index contributed by atoms with van der Waals surface area (Å²) >= 11 is 5.89. The molecule has 2 aromatic carbocycles. The van der Waals surface area contributed by atoms with E-state index >= 15 is 0 Å². The number of nitrogens with zero attached hydrogens (tertiary/aromatic N) is 1. The number of amides is 1. The van der Waals surface area contributed by atoms with Gasteiger partial charge in [-0.15, -0.1) is 0 Å². The number of benzene rings is 2. The molecule has 4 heteroatoms. The highest BCUT2D eigenvalue weighted by Crippen LogP contribution is 2.20. The van der Waals surface area contributed by atoms with E-state index in [2.05, 4.69) is 6.92 Å². The largest absolute Gasteiger partial charge is 0.398 e. The molecule has 0 fully saturated rings. The standard InChI is InChI=1S/C17H19ClN2O/c1-2-10-20(12-13-6-4-3-5-7-13)17(21)15-9-8-14(18)11-16(15)19/h3-9,11H,2,10,12,19H2,1H3. The zero-order chi connectivity index (χ0) is 15.2. The summed E-state index contributed by atoms with van der Waals surface area (Å²) in [6, 6.07) is 14.9. The molecule has 0 saturated heterocycles. The van der Waals surface area contributed by atoms with Gasteiger partial charge < -0.3 is 10.6 Å². The highest BCUT2D eigenvalue weighted by atomic mass is 35.5. The molecule has 1 amide bonds. The molecule has 0 unspecified atom stereocenters. The van der Waals surface area contributed by atoms with Gasteiger partial charge in [0, 0.05) is 23.8 Å². The van der Waals surface area contributed by atoms with Crippen molar-refractivity contribution in [1.29, 1.82) is 0 Å². The number of anilines is 1. The molecule has 3 nitrogen and oxygen atoms in total. The van der Waals surface area contributed by atoms with Gasteiger partial charge in [0.1, 0.15) is 0 Å². The van der Waals surface area contributed by atoms with Crippen LogP contribution < -0.4 is 5.73 Å². The third kappa shape index (κ3) is 3.99. The summed E-state index contributed by atoms with van der Waals surface area (Å²) in [4.78, 5) is 14.5.